The molecule has 4 heteroatoms. The molecular weight excluding hydrogens is 264 g/mol. The molecule has 0 saturated carbocycles. The minimum absolute atomic E-state index is 0.119. The van der Waals surface area contributed by atoms with Crippen LogP contribution >= 0.6 is 0 Å². The number of benzene rings is 1. The van der Waals surface area contributed by atoms with Crippen LogP contribution < -0.4 is 10.1 Å². The highest BCUT2D eigenvalue weighted by Crippen LogP contribution is 2.19. The molecule has 1 aromatic carbocycles. The molecular formula is C17H26N2O2. The van der Waals surface area contributed by atoms with Gasteiger partial charge in [-0.1, -0.05) is 25.1 Å². The molecule has 0 bridgehead atoms. The maximum Gasteiger partial charge on any atom is 0.122 e. The van der Waals surface area contributed by atoms with Crippen molar-refractivity contribution in [3.8, 4) is 11.8 Å². The minimum Gasteiger partial charge on any atom is -0.493 e. The lowest BCUT2D eigenvalue weighted by atomic mass is 9.98. The lowest BCUT2D eigenvalue weighted by Gasteiger charge is -2.23. The monoisotopic (exact) mass is 290 g/mol. The van der Waals surface area contributed by atoms with Crippen LogP contribution in [0.1, 0.15) is 38.7 Å². The Labute approximate surface area is 127 Å². The van der Waals surface area contributed by atoms with Gasteiger partial charge in [0.1, 0.15) is 11.3 Å². The van der Waals surface area contributed by atoms with Gasteiger partial charge >= 0.3 is 0 Å². The van der Waals surface area contributed by atoms with Gasteiger partial charge in [-0.15, -0.1) is 0 Å². The summed E-state index contributed by atoms with van der Waals surface area (Å²) in [5, 5.41) is 21.6. The third kappa shape index (κ3) is 6.16. The highest BCUT2D eigenvalue weighted by atomic mass is 16.5. The first-order valence-corrected chi connectivity index (χ1v) is 7.63. The standard InChI is InChI=1S/C17H26N2O2/c1-3-11-19-17(2,14-18)10-6-13-21-16-8-5-4-7-15(16)9-12-20/h4-5,7-8,19-20H,3,6,9-13H2,1-2H3. The van der Waals surface area contributed by atoms with Crippen LogP contribution in [0.15, 0.2) is 24.3 Å². The highest BCUT2D eigenvalue weighted by Gasteiger charge is 2.21. The number of ether oxygens (including phenoxy) is 1. The van der Waals surface area contributed by atoms with Gasteiger partial charge in [-0.3, -0.25) is 5.32 Å². The number of rotatable bonds is 10. The van der Waals surface area contributed by atoms with Crippen molar-refractivity contribution in [3.05, 3.63) is 29.8 Å². The first-order chi connectivity index (χ1) is 10.1. The van der Waals surface area contributed by atoms with Gasteiger partial charge in [-0.25, -0.2) is 0 Å². The van der Waals surface area contributed by atoms with E-state index in [0.29, 0.717) is 13.0 Å². The summed E-state index contributed by atoms with van der Waals surface area (Å²) in [6.07, 6.45) is 3.19. The fourth-order valence-electron chi connectivity index (χ4n) is 2.16. The molecule has 0 radical (unpaired) electrons. The lowest BCUT2D eigenvalue weighted by Crippen LogP contribution is -2.41. The summed E-state index contributed by atoms with van der Waals surface area (Å²) in [6.45, 7) is 5.57. The topological polar surface area (TPSA) is 65.3 Å². The van der Waals surface area contributed by atoms with Crippen molar-refractivity contribution in [2.24, 2.45) is 0 Å². The van der Waals surface area contributed by atoms with Gasteiger partial charge in [0.2, 0.25) is 0 Å². The van der Waals surface area contributed by atoms with E-state index in [2.05, 4.69) is 18.3 Å². The molecule has 1 aromatic rings. The number of nitrogens with zero attached hydrogens (tertiary/aromatic N) is 1. The Bertz CT molecular complexity index is 456. The fraction of sp³-hybridized carbons (Fsp3) is 0.588. The second-order valence-corrected chi connectivity index (χ2v) is 5.40. The number of aliphatic hydroxyl groups is 1. The van der Waals surface area contributed by atoms with Gasteiger partial charge < -0.3 is 9.84 Å². The Balaban J connectivity index is 2.42. The molecule has 4 nitrogen and oxygen atoms in total. The van der Waals surface area contributed by atoms with Crippen LogP contribution in [-0.2, 0) is 6.42 Å². The van der Waals surface area contributed by atoms with Crippen molar-refractivity contribution in [2.45, 2.75) is 45.1 Å². The van der Waals surface area contributed by atoms with E-state index in [4.69, 9.17) is 9.84 Å². The SMILES string of the molecule is CCCNC(C)(C#N)CCCOc1ccccc1CCO. The van der Waals surface area contributed by atoms with Crippen molar-refractivity contribution in [1.29, 1.82) is 5.26 Å². The fourth-order valence-corrected chi connectivity index (χ4v) is 2.16. The predicted octanol–water partition coefficient (Wildman–Crippen LogP) is 2.66. The molecule has 0 heterocycles. The van der Waals surface area contributed by atoms with E-state index in [-0.39, 0.29) is 6.61 Å². The smallest absolute Gasteiger partial charge is 0.122 e. The van der Waals surface area contributed by atoms with E-state index in [1.165, 1.54) is 0 Å². The zero-order chi connectivity index (χ0) is 15.6. The Morgan fingerprint density at radius 3 is 2.81 bits per heavy atom. The van der Waals surface area contributed by atoms with E-state index in [0.717, 1.165) is 37.1 Å². The molecule has 0 aliphatic heterocycles. The Kier molecular flexibility index (Phi) is 7.81. The first kappa shape index (κ1) is 17.5. The summed E-state index contributed by atoms with van der Waals surface area (Å²) in [6, 6.07) is 10.1. The number of nitriles is 1. The van der Waals surface area contributed by atoms with Gasteiger partial charge in [0, 0.05) is 6.61 Å². The van der Waals surface area contributed by atoms with E-state index in [1.807, 2.05) is 31.2 Å². The molecule has 0 saturated heterocycles. The van der Waals surface area contributed by atoms with E-state index >= 15 is 0 Å². The summed E-state index contributed by atoms with van der Waals surface area (Å²) >= 11 is 0. The summed E-state index contributed by atoms with van der Waals surface area (Å²) in [4.78, 5) is 0. The average Bonchev–Trinajstić information content (AvgIpc) is 2.51. The zero-order valence-electron chi connectivity index (χ0n) is 13.1. The zero-order valence-corrected chi connectivity index (χ0v) is 13.1. The van der Waals surface area contributed by atoms with Crippen LogP contribution in [0.25, 0.3) is 0 Å². The van der Waals surface area contributed by atoms with Gasteiger partial charge in [0.05, 0.1) is 12.7 Å². The molecule has 0 fully saturated rings. The van der Waals surface area contributed by atoms with Crippen molar-refractivity contribution in [1.82, 2.24) is 5.32 Å². The van der Waals surface area contributed by atoms with Gasteiger partial charge in [0.25, 0.3) is 0 Å². The molecule has 1 unspecified atom stereocenters. The maximum absolute atomic E-state index is 9.26. The normalized spacial score (nSPS) is 13.4. The summed E-state index contributed by atoms with van der Waals surface area (Å²) in [7, 11) is 0. The Morgan fingerprint density at radius 2 is 2.14 bits per heavy atom. The van der Waals surface area contributed by atoms with Crippen molar-refractivity contribution >= 4 is 0 Å². The van der Waals surface area contributed by atoms with Crippen LogP contribution in [0.5, 0.6) is 5.75 Å². The Hall–Kier alpha value is -1.57. The van der Waals surface area contributed by atoms with Crippen LogP contribution in [0.2, 0.25) is 0 Å². The third-order valence-corrected chi connectivity index (χ3v) is 3.44. The van der Waals surface area contributed by atoms with Crippen LogP contribution in [0, 0.1) is 11.3 Å². The predicted molar refractivity (Wildman–Crippen MR) is 84.3 cm³/mol. The molecule has 116 valence electrons. The quantitative estimate of drug-likeness (QED) is 0.650. The molecule has 0 amide bonds. The second-order valence-electron chi connectivity index (χ2n) is 5.40. The molecule has 21 heavy (non-hydrogen) atoms. The Morgan fingerprint density at radius 1 is 1.38 bits per heavy atom. The largest absolute Gasteiger partial charge is 0.493 e. The number of para-hydroxylation sites is 1. The molecule has 1 rings (SSSR count). The molecule has 0 aliphatic rings. The second kappa shape index (κ2) is 9.38. The molecule has 0 spiro atoms. The third-order valence-electron chi connectivity index (χ3n) is 3.44. The van der Waals surface area contributed by atoms with Gasteiger partial charge in [-0.2, -0.15) is 5.26 Å². The van der Waals surface area contributed by atoms with Crippen LogP contribution in [-0.4, -0.2) is 30.4 Å². The van der Waals surface area contributed by atoms with Crippen molar-refractivity contribution in [3.63, 3.8) is 0 Å². The number of aliphatic hydroxyl groups excluding tert-OH is 1. The van der Waals surface area contributed by atoms with Crippen molar-refractivity contribution in [2.75, 3.05) is 19.8 Å². The summed E-state index contributed by atoms with van der Waals surface area (Å²) in [5.41, 5.74) is 0.538. The number of nitrogens with one attached hydrogen (secondary N) is 1. The van der Waals surface area contributed by atoms with E-state index in [1.54, 1.807) is 0 Å². The van der Waals surface area contributed by atoms with E-state index in [9.17, 15) is 5.26 Å². The number of hydrogen-bond donors (Lipinski definition) is 2. The summed E-state index contributed by atoms with van der Waals surface area (Å²) in [5.74, 6) is 0.826. The average molecular weight is 290 g/mol. The minimum atomic E-state index is -0.482. The van der Waals surface area contributed by atoms with Crippen molar-refractivity contribution < 1.29 is 9.84 Å². The maximum atomic E-state index is 9.26. The highest BCUT2D eigenvalue weighted by molar-refractivity contribution is 5.33. The van der Waals surface area contributed by atoms with Crippen LogP contribution in [0.4, 0.5) is 0 Å². The van der Waals surface area contributed by atoms with Crippen LogP contribution in [0.3, 0.4) is 0 Å². The molecule has 1 atom stereocenters. The molecule has 0 aromatic heterocycles. The van der Waals surface area contributed by atoms with Gasteiger partial charge in [-0.05, 0) is 50.8 Å². The van der Waals surface area contributed by atoms with E-state index < -0.39 is 5.54 Å². The van der Waals surface area contributed by atoms with Gasteiger partial charge in [0.15, 0.2) is 0 Å². The first-order valence-electron chi connectivity index (χ1n) is 7.63. The number of hydrogen-bond acceptors (Lipinski definition) is 4. The molecule has 0 aliphatic carbocycles. The summed E-state index contributed by atoms with van der Waals surface area (Å²) < 4.78 is 5.79. The molecule has 2 N–H and O–H groups in total. The lowest BCUT2D eigenvalue weighted by molar-refractivity contribution is 0.274.